The highest BCUT2D eigenvalue weighted by atomic mass is 16.8. The van der Waals surface area contributed by atoms with Crippen LogP contribution in [0, 0.1) is 0 Å². The van der Waals surface area contributed by atoms with Crippen LogP contribution in [-0.2, 0) is 23.7 Å². The minimum absolute atomic E-state index is 0.769. The third kappa shape index (κ3) is 5.37. The zero-order valence-electron chi connectivity index (χ0n) is 17.7. The van der Waals surface area contributed by atoms with E-state index < -0.39 is 112 Å². The second-order valence-electron chi connectivity index (χ2n) is 8.33. The Morgan fingerprint density at radius 1 is 0.441 bits per heavy atom. The third-order valence-corrected chi connectivity index (χ3v) is 6.10. The average molecular weight is 504 g/mol. The summed E-state index contributed by atoms with van der Waals surface area (Å²) < 4.78 is 26.5. The van der Waals surface area contributed by atoms with Gasteiger partial charge in [-0.2, -0.15) is 0 Å². The Balaban J connectivity index is 1.83. The van der Waals surface area contributed by atoms with Crippen LogP contribution in [-0.4, -0.2) is 168 Å². The van der Waals surface area contributed by atoms with Gasteiger partial charge in [-0.15, -0.1) is 0 Å². The number of ether oxygens (including phenoxy) is 5. The van der Waals surface area contributed by atoms with E-state index in [0.29, 0.717) is 0 Å². The summed E-state index contributed by atoms with van der Waals surface area (Å²) in [6, 6.07) is 0. The van der Waals surface area contributed by atoms with Crippen molar-refractivity contribution in [3.63, 3.8) is 0 Å². The molecule has 16 nitrogen and oxygen atoms in total. The van der Waals surface area contributed by atoms with Crippen LogP contribution in [0.5, 0.6) is 0 Å². The Kier molecular flexibility index (Phi) is 9.54. The molecule has 0 aliphatic carbocycles. The van der Waals surface area contributed by atoms with Crippen molar-refractivity contribution in [2.75, 3.05) is 19.8 Å². The van der Waals surface area contributed by atoms with Gasteiger partial charge in [0, 0.05) is 0 Å². The Hall–Kier alpha value is -0.640. The Bertz CT molecular complexity index is 637. The van der Waals surface area contributed by atoms with E-state index in [1.165, 1.54) is 0 Å². The molecule has 0 amide bonds. The van der Waals surface area contributed by atoms with E-state index in [1.54, 1.807) is 0 Å². The summed E-state index contributed by atoms with van der Waals surface area (Å²) in [5, 5.41) is 109. The fourth-order valence-electron chi connectivity index (χ4n) is 4.03. The zero-order valence-corrected chi connectivity index (χ0v) is 17.7. The third-order valence-electron chi connectivity index (χ3n) is 6.10. The van der Waals surface area contributed by atoms with Crippen LogP contribution < -0.4 is 0 Å². The lowest BCUT2D eigenvalue weighted by molar-refractivity contribution is -0.387. The number of aliphatic hydroxyl groups is 11. The number of rotatable bonds is 7. The van der Waals surface area contributed by atoms with Gasteiger partial charge in [-0.1, -0.05) is 0 Å². The minimum atomic E-state index is -1.94. The molecule has 0 saturated carbocycles. The summed E-state index contributed by atoms with van der Waals surface area (Å²) in [7, 11) is 0. The second kappa shape index (κ2) is 11.6. The lowest BCUT2D eigenvalue weighted by Gasteiger charge is -2.48. The van der Waals surface area contributed by atoms with Gasteiger partial charge < -0.3 is 79.9 Å². The summed E-state index contributed by atoms with van der Waals surface area (Å²) in [5.74, 6) is 0. The summed E-state index contributed by atoms with van der Waals surface area (Å²) in [4.78, 5) is 0. The van der Waals surface area contributed by atoms with Crippen molar-refractivity contribution < 1.29 is 79.9 Å². The van der Waals surface area contributed by atoms with E-state index in [-0.39, 0.29) is 0 Å². The van der Waals surface area contributed by atoms with Crippen molar-refractivity contribution in [2.24, 2.45) is 0 Å². The summed E-state index contributed by atoms with van der Waals surface area (Å²) in [6.45, 7) is -2.33. The zero-order chi connectivity index (χ0) is 25.3. The molecule has 3 saturated heterocycles. The molecule has 0 aromatic carbocycles. The van der Waals surface area contributed by atoms with E-state index in [9.17, 15) is 56.2 Å². The van der Waals surface area contributed by atoms with Crippen LogP contribution in [0.25, 0.3) is 0 Å². The van der Waals surface area contributed by atoms with Gasteiger partial charge in [-0.05, 0) is 0 Å². The largest absolute Gasteiger partial charge is 0.394 e. The van der Waals surface area contributed by atoms with Gasteiger partial charge in [0.1, 0.15) is 73.2 Å². The smallest absolute Gasteiger partial charge is 0.187 e. The van der Waals surface area contributed by atoms with Crippen LogP contribution in [0.4, 0.5) is 0 Å². The quantitative estimate of drug-likeness (QED) is 0.154. The van der Waals surface area contributed by atoms with Gasteiger partial charge in [-0.25, -0.2) is 0 Å². The first-order chi connectivity index (χ1) is 16.0. The fraction of sp³-hybridized carbons (Fsp3) is 1.00. The molecule has 0 spiro atoms. The maximum Gasteiger partial charge on any atom is 0.187 e. The average Bonchev–Trinajstić information content (AvgIpc) is 2.83. The van der Waals surface area contributed by atoms with E-state index >= 15 is 0 Å². The highest BCUT2D eigenvalue weighted by Crippen LogP contribution is 2.32. The maximum absolute atomic E-state index is 10.6. The lowest BCUT2D eigenvalue weighted by Crippen LogP contribution is -2.67. The van der Waals surface area contributed by atoms with Crippen molar-refractivity contribution in [2.45, 2.75) is 92.1 Å². The minimum Gasteiger partial charge on any atom is -0.394 e. The van der Waals surface area contributed by atoms with Crippen molar-refractivity contribution in [3.8, 4) is 0 Å². The molecule has 34 heavy (non-hydrogen) atoms. The van der Waals surface area contributed by atoms with Crippen LogP contribution in [0.2, 0.25) is 0 Å². The molecule has 0 aromatic heterocycles. The first kappa shape index (κ1) is 27.9. The predicted octanol–water partition coefficient (Wildman–Crippen LogP) is -7.57. The second-order valence-corrected chi connectivity index (χ2v) is 8.33. The summed E-state index contributed by atoms with van der Waals surface area (Å²) in [5.41, 5.74) is 0. The summed E-state index contributed by atoms with van der Waals surface area (Å²) in [6.07, 6.45) is -25.6. The molecule has 200 valence electrons. The number of hydrogen-bond acceptors (Lipinski definition) is 16. The molecule has 3 heterocycles. The van der Waals surface area contributed by atoms with Crippen LogP contribution in [0.15, 0.2) is 0 Å². The van der Waals surface area contributed by atoms with E-state index in [4.69, 9.17) is 23.7 Å². The number of hydrogen-bond donors (Lipinski definition) is 11. The molecular formula is C18H32O16. The summed E-state index contributed by atoms with van der Waals surface area (Å²) >= 11 is 0. The Labute approximate surface area is 192 Å². The molecule has 16 heteroatoms. The Morgan fingerprint density at radius 3 is 1.24 bits per heavy atom. The predicted molar refractivity (Wildman–Crippen MR) is 101 cm³/mol. The van der Waals surface area contributed by atoms with Crippen molar-refractivity contribution in [1.29, 1.82) is 0 Å². The standard InChI is InChI=1S/C18H32O16/c19-1-4-7(22)10(25)12(27)17(31-4)33-14-9(24)6(3-21)30-16(29)15(14)34-18-13(28)11(26)8(23)5(2-20)32-18/h4-29H,1-3H2/t4-,5-,6-,7-,8-,9-,10+,11+,12+,13+,14+,15-,16-,17-,18-/m1/s1. The molecule has 0 radical (unpaired) electrons. The van der Waals surface area contributed by atoms with Gasteiger partial charge in [0.2, 0.25) is 0 Å². The monoisotopic (exact) mass is 504 g/mol. The van der Waals surface area contributed by atoms with E-state index in [0.717, 1.165) is 0 Å². The van der Waals surface area contributed by atoms with Crippen molar-refractivity contribution >= 4 is 0 Å². The van der Waals surface area contributed by atoms with E-state index in [1.807, 2.05) is 0 Å². The highest BCUT2D eigenvalue weighted by molar-refractivity contribution is 4.96. The number of aliphatic hydroxyl groups excluding tert-OH is 11. The molecule has 3 rings (SSSR count). The lowest BCUT2D eigenvalue weighted by atomic mass is 9.96. The van der Waals surface area contributed by atoms with Gasteiger partial charge in [0.25, 0.3) is 0 Å². The van der Waals surface area contributed by atoms with Gasteiger partial charge in [0.15, 0.2) is 18.9 Å². The molecular weight excluding hydrogens is 472 g/mol. The first-order valence-corrected chi connectivity index (χ1v) is 10.6. The molecule has 15 atom stereocenters. The SMILES string of the molecule is OC[C@H]1O[C@H](O[C@@H]2[C@@H](O[C@H]3O[C@H](CO)[C@@H](O)[C@H](O)[C@@H]3O)[C@H](O)[C@@H](CO)O[C@H]2O)[C@@H](O)[C@@H](O)[C@@H]1O. The van der Waals surface area contributed by atoms with Crippen molar-refractivity contribution in [3.05, 3.63) is 0 Å². The molecule has 3 aliphatic heterocycles. The Morgan fingerprint density at radius 2 is 0.824 bits per heavy atom. The molecule has 0 bridgehead atoms. The topological polar surface area (TPSA) is 269 Å². The van der Waals surface area contributed by atoms with Gasteiger partial charge in [0.05, 0.1) is 19.8 Å². The normalized spacial score (nSPS) is 52.5. The van der Waals surface area contributed by atoms with Crippen LogP contribution >= 0.6 is 0 Å². The van der Waals surface area contributed by atoms with E-state index in [2.05, 4.69) is 0 Å². The highest BCUT2D eigenvalue weighted by Gasteiger charge is 2.53. The molecule has 11 N–H and O–H groups in total. The molecule has 3 aliphatic rings. The molecule has 3 fully saturated rings. The maximum atomic E-state index is 10.6. The first-order valence-electron chi connectivity index (χ1n) is 10.6. The molecule has 0 aromatic rings. The van der Waals surface area contributed by atoms with Crippen LogP contribution in [0.1, 0.15) is 0 Å². The van der Waals surface area contributed by atoms with Gasteiger partial charge in [-0.3, -0.25) is 0 Å². The fourth-order valence-corrected chi connectivity index (χ4v) is 4.03. The molecule has 0 unspecified atom stereocenters. The van der Waals surface area contributed by atoms with Crippen LogP contribution in [0.3, 0.4) is 0 Å². The van der Waals surface area contributed by atoms with Gasteiger partial charge >= 0.3 is 0 Å². The van der Waals surface area contributed by atoms with Crippen molar-refractivity contribution in [1.82, 2.24) is 0 Å².